The maximum atomic E-state index is 5.34. The van der Waals surface area contributed by atoms with Crippen molar-refractivity contribution in [3.8, 4) is 0 Å². The van der Waals surface area contributed by atoms with Gasteiger partial charge in [0, 0.05) is 11.6 Å². The molecule has 0 unspecified atom stereocenters. The van der Waals surface area contributed by atoms with E-state index >= 15 is 0 Å². The number of alkyl halides is 2. The number of thioether (sulfide) groups is 1. The molecule has 1 aliphatic heterocycles. The van der Waals surface area contributed by atoms with Crippen molar-refractivity contribution < 1.29 is 0 Å². The van der Waals surface area contributed by atoms with E-state index in [2.05, 4.69) is 56.1 Å². The second-order valence-electron chi connectivity index (χ2n) is 8.65. The first-order chi connectivity index (χ1) is 14.5. The van der Waals surface area contributed by atoms with E-state index in [1.54, 1.807) is 11.3 Å². The van der Waals surface area contributed by atoms with Crippen molar-refractivity contribution in [1.29, 1.82) is 0 Å². The Morgan fingerprint density at radius 1 is 0.767 bits per heavy atom. The molecule has 0 N–H and O–H groups in total. The molecule has 0 aliphatic carbocycles. The molecule has 0 saturated carbocycles. The molecule has 2 nitrogen and oxygen atoms in total. The van der Waals surface area contributed by atoms with E-state index in [9.17, 15) is 0 Å². The molecule has 0 atom stereocenters. The van der Waals surface area contributed by atoms with Gasteiger partial charge >= 0.3 is 0 Å². The maximum Gasteiger partial charge on any atom is 0.156 e. The van der Waals surface area contributed by atoms with Crippen LogP contribution in [0.5, 0.6) is 0 Å². The van der Waals surface area contributed by atoms with E-state index in [4.69, 9.17) is 4.99 Å². The topological polar surface area (TPSA) is 25.2 Å². The number of rotatable bonds is 17. The second kappa shape index (κ2) is 14.7. The summed E-state index contributed by atoms with van der Waals surface area (Å²) in [4.78, 5) is 9.87. The van der Waals surface area contributed by atoms with Gasteiger partial charge in [0.1, 0.15) is 10.1 Å². The highest BCUT2D eigenvalue weighted by Gasteiger charge is 2.54. The smallest absolute Gasteiger partial charge is 0.156 e. The summed E-state index contributed by atoms with van der Waals surface area (Å²) in [7, 11) is 0. The van der Waals surface area contributed by atoms with E-state index in [1.165, 1.54) is 89.9 Å². The quantitative estimate of drug-likeness (QED) is 0.135. The Bertz CT molecular complexity index is 584. The number of aliphatic imine (C=N–C) groups is 1. The molecule has 0 radical (unpaired) electrons. The van der Waals surface area contributed by atoms with E-state index in [1.807, 2.05) is 18.0 Å². The zero-order valence-electron chi connectivity index (χ0n) is 18.9. The Hall–Kier alpha value is 0.610. The maximum absolute atomic E-state index is 5.34. The van der Waals surface area contributed by atoms with Crippen molar-refractivity contribution in [3.63, 3.8) is 0 Å². The molecule has 1 aliphatic rings. The molecule has 0 aromatic carbocycles. The van der Waals surface area contributed by atoms with Crippen LogP contribution in [0.3, 0.4) is 0 Å². The minimum Gasteiger partial charge on any atom is -0.265 e. The molecule has 0 fully saturated rings. The summed E-state index contributed by atoms with van der Waals surface area (Å²) in [6, 6.07) is 0. The summed E-state index contributed by atoms with van der Waals surface area (Å²) in [5.41, 5.74) is -0.0779. The molecule has 0 spiro atoms. The minimum absolute atomic E-state index is 0.0779. The molecule has 30 heavy (non-hydrogen) atoms. The summed E-state index contributed by atoms with van der Waals surface area (Å²) >= 11 is 11.6. The highest BCUT2D eigenvalue weighted by Crippen LogP contribution is 2.59. The lowest BCUT2D eigenvalue weighted by molar-refractivity contribution is 0.360. The van der Waals surface area contributed by atoms with E-state index in [0.717, 1.165) is 22.9 Å². The van der Waals surface area contributed by atoms with Gasteiger partial charge in [0.2, 0.25) is 0 Å². The van der Waals surface area contributed by atoms with Gasteiger partial charge in [-0.1, -0.05) is 147 Å². The lowest BCUT2D eigenvalue weighted by atomic mass is 9.88. The minimum atomic E-state index is -0.210. The van der Waals surface area contributed by atoms with Gasteiger partial charge in [-0.2, -0.15) is 0 Å². The van der Waals surface area contributed by atoms with E-state index in [-0.39, 0.29) is 8.10 Å². The van der Waals surface area contributed by atoms with Crippen LogP contribution in [0, 0.1) is 0 Å². The number of nitrogens with zero attached hydrogens (tertiary/aromatic N) is 2. The molecule has 0 bridgehead atoms. The Kier molecular flexibility index (Phi) is 13.2. The highest BCUT2D eigenvalue weighted by atomic mass is 79.9. The first-order valence-corrected chi connectivity index (χ1v) is 15.4. The number of halogens is 2. The largest absolute Gasteiger partial charge is 0.265 e. The van der Waals surface area contributed by atoms with Gasteiger partial charge in [-0.05, 0) is 12.8 Å². The lowest BCUT2D eigenvalue weighted by Crippen LogP contribution is -2.38. The highest BCUT2D eigenvalue weighted by molar-refractivity contribution is 9.28. The number of thiazole rings is 1. The van der Waals surface area contributed by atoms with Crippen molar-refractivity contribution in [1.82, 2.24) is 4.98 Å². The summed E-state index contributed by atoms with van der Waals surface area (Å²) in [5, 5.41) is 4.21. The number of aromatic nitrogens is 1. The van der Waals surface area contributed by atoms with Crippen molar-refractivity contribution in [3.05, 3.63) is 16.6 Å². The van der Waals surface area contributed by atoms with Crippen LogP contribution in [0.25, 0.3) is 0 Å². The van der Waals surface area contributed by atoms with Crippen LogP contribution in [0.2, 0.25) is 0 Å². The second-order valence-corrected chi connectivity index (χ2v) is 15.2. The van der Waals surface area contributed by atoms with Crippen LogP contribution in [0.4, 0.5) is 0 Å². The average molecular weight is 581 g/mol. The van der Waals surface area contributed by atoms with Gasteiger partial charge < -0.3 is 0 Å². The Labute approximate surface area is 210 Å². The van der Waals surface area contributed by atoms with Crippen LogP contribution in [0.1, 0.15) is 122 Å². The van der Waals surface area contributed by atoms with Crippen LogP contribution < -0.4 is 0 Å². The van der Waals surface area contributed by atoms with Crippen LogP contribution in [-0.4, -0.2) is 18.1 Å². The summed E-state index contributed by atoms with van der Waals surface area (Å²) in [5.74, 6) is 0. The fourth-order valence-electron chi connectivity index (χ4n) is 4.20. The summed E-state index contributed by atoms with van der Waals surface area (Å²) in [6.07, 6.45) is 23.0. The van der Waals surface area contributed by atoms with Gasteiger partial charge in [0.05, 0.1) is 5.54 Å². The Morgan fingerprint density at radius 3 is 1.73 bits per heavy atom. The average Bonchev–Trinajstić information content (AvgIpc) is 3.34. The fraction of sp³-hybridized carbons (Fsp3) is 0.833. The molecule has 6 heteroatoms. The Morgan fingerprint density at radius 2 is 1.27 bits per heavy atom. The van der Waals surface area contributed by atoms with Gasteiger partial charge in [0.15, 0.2) is 2.57 Å². The first kappa shape index (κ1) is 26.9. The molecule has 2 heterocycles. The van der Waals surface area contributed by atoms with Gasteiger partial charge in [-0.3, -0.25) is 4.99 Å². The summed E-state index contributed by atoms with van der Waals surface area (Å²) in [6.45, 7) is 4.57. The van der Waals surface area contributed by atoms with Gasteiger partial charge in [-0.15, -0.1) is 11.3 Å². The molecule has 0 saturated heterocycles. The number of hydrogen-bond acceptors (Lipinski definition) is 4. The van der Waals surface area contributed by atoms with E-state index in [0.29, 0.717) is 0 Å². The third kappa shape index (κ3) is 8.51. The zero-order valence-corrected chi connectivity index (χ0v) is 23.7. The van der Waals surface area contributed by atoms with Gasteiger partial charge in [-0.25, -0.2) is 4.98 Å². The molecular weight excluding hydrogens is 540 g/mol. The van der Waals surface area contributed by atoms with Crippen molar-refractivity contribution in [2.24, 2.45) is 4.99 Å². The number of hydrogen-bond donors (Lipinski definition) is 0. The van der Waals surface area contributed by atoms with Crippen molar-refractivity contribution >= 4 is 60.0 Å². The molecule has 1 aromatic rings. The third-order valence-electron chi connectivity index (χ3n) is 6.09. The normalized spacial score (nSPS) is 17.4. The SMILES string of the molecule is CCCCCCCCCC1(CCCCCCCCC)N=C(c2nccs2)SC1(Br)Br. The zero-order chi connectivity index (χ0) is 21.7. The third-order valence-corrected chi connectivity index (χ3v) is 10.6. The predicted octanol–water partition coefficient (Wildman–Crippen LogP) is 10.1. The van der Waals surface area contributed by atoms with Crippen molar-refractivity contribution in [2.45, 2.75) is 125 Å². The molecule has 0 amide bonds. The summed E-state index contributed by atoms with van der Waals surface area (Å²) < 4.78 is -0.210. The predicted molar refractivity (Wildman–Crippen MR) is 145 cm³/mol. The molecule has 172 valence electrons. The number of unbranched alkanes of at least 4 members (excludes halogenated alkanes) is 12. The van der Waals surface area contributed by atoms with Crippen LogP contribution >= 0.6 is 55.0 Å². The monoisotopic (exact) mass is 578 g/mol. The first-order valence-electron chi connectivity index (χ1n) is 12.1. The lowest BCUT2D eigenvalue weighted by Gasteiger charge is -2.35. The van der Waals surface area contributed by atoms with Gasteiger partial charge in [0.25, 0.3) is 0 Å². The Balaban J connectivity index is 1.93. The van der Waals surface area contributed by atoms with Crippen molar-refractivity contribution in [2.75, 3.05) is 0 Å². The fourth-order valence-corrected chi connectivity index (χ4v) is 7.92. The van der Waals surface area contributed by atoms with Crippen LogP contribution in [-0.2, 0) is 0 Å². The molecular formula is C24H40Br2N2S2. The molecule has 1 aromatic heterocycles. The van der Waals surface area contributed by atoms with E-state index < -0.39 is 0 Å². The standard InChI is InChI=1S/C24H40Br2N2S2/c1-3-5-7-9-11-13-15-17-23(18-16-14-12-10-8-6-4-2)24(25,26)30-22(28-23)21-27-19-20-29-21/h19-20H,3-18H2,1-2H3. The van der Waals surface area contributed by atoms with Crippen LogP contribution in [0.15, 0.2) is 16.6 Å². The molecule has 2 rings (SSSR count).